The molecule has 2 aromatic rings. The van der Waals surface area contributed by atoms with Gasteiger partial charge in [-0.05, 0) is 28.1 Å². The Morgan fingerprint density at radius 1 is 1.29 bits per heavy atom. The maximum absolute atomic E-state index is 12.0. The first kappa shape index (κ1) is 12.4. The first-order chi connectivity index (χ1) is 7.87. The van der Waals surface area contributed by atoms with Crippen molar-refractivity contribution in [3.8, 4) is 5.75 Å². The van der Waals surface area contributed by atoms with Crippen LogP contribution in [0.25, 0.3) is 10.9 Å². The smallest absolute Gasteiger partial charge is 0.406 e. The normalized spacial score (nSPS) is 11.8. The van der Waals surface area contributed by atoms with Gasteiger partial charge < -0.3 is 4.74 Å². The Bertz CT molecular complexity index is 573. The van der Waals surface area contributed by atoms with E-state index in [9.17, 15) is 13.2 Å². The number of hydrogen-bond donors (Lipinski definition) is 0. The van der Waals surface area contributed by atoms with Crippen molar-refractivity contribution in [2.75, 3.05) is 0 Å². The quantitative estimate of drug-likeness (QED) is 0.767. The molecule has 1 aromatic heterocycles. The number of benzene rings is 1. The van der Waals surface area contributed by atoms with Crippen LogP contribution in [0.1, 0.15) is 0 Å². The minimum absolute atomic E-state index is 0.313. The summed E-state index contributed by atoms with van der Waals surface area (Å²) in [5.74, 6) is -0.313. The van der Waals surface area contributed by atoms with E-state index >= 15 is 0 Å². The van der Waals surface area contributed by atoms with Crippen molar-refractivity contribution >= 4 is 38.4 Å². The van der Waals surface area contributed by atoms with Gasteiger partial charge in [-0.3, -0.25) is 4.98 Å². The van der Waals surface area contributed by atoms with Gasteiger partial charge in [-0.15, -0.1) is 13.2 Å². The third kappa shape index (κ3) is 2.81. The monoisotopic (exact) mass is 325 g/mol. The van der Waals surface area contributed by atoms with Gasteiger partial charge in [-0.1, -0.05) is 11.6 Å². The predicted octanol–water partition coefficient (Wildman–Crippen LogP) is 4.55. The number of nitrogens with zero attached hydrogens (tertiary/aromatic N) is 1. The van der Waals surface area contributed by atoms with E-state index in [1.807, 2.05) is 0 Å². The van der Waals surface area contributed by atoms with Crippen LogP contribution >= 0.6 is 27.5 Å². The van der Waals surface area contributed by atoms with E-state index in [1.165, 1.54) is 24.4 Å². The SMILES string of the molecule is FC(F)(F)Oc1ccc2c(Br)c(Cl)cnc2c1. The average molecular weight is 326 g/mol. The van der Waals surface area contributed by atoms with Crippen LogP contribution < -0.4 is 4.74 Å². The molecule has 0 bridgehead atoms. The number of fused-ring (bicyclic) bond motifs is 1. The molecule has 0 aliphatic rings. The second-order valence-electron chi connectivity index (χ2n) is 3.15. The van der Waals surface area contributed by atoms with E-state index in [0.717, 1.165) is 0 Å². The number of alkyl halides is 3. The highest BCUT2D eigenvalue weighted by Crippen LogP contribution is 2.32. The fourth-order valence-corrected chi connectivity index (χ4v) is 1.90. The van der Waals surface area contributed by atoms with E-state index in [4.69, 9.17) is 11.6 Å². The molecule has 7 heteroatoms. The molecule has 0 saturated carbocycles. The molecule has 0 spiro atoms. The largest absolute Gasteiger partial charge is 0.573 e. The molecule has 0 unspecified atom stereocenters. The Balaban J connectivity index is 2.49. The molecule has 0 saturated heterocycles. The fourth-order valence-electron chi connectivity index (χ4n) is 1.31. The second kappa shape index (κ2) is 4.34. The highest BCUT2D eigenvalue weighted by molar-refractivity contribution is 9.10. The molecule has 2 rings (SSSR count). The summed E-state index contributed by atoms with van der Waals surface area (Å²) in [4.78, 5) is 3.92. The zero-order valence-corrected chi connectivity index (χ0v) is 10.4. The molecule has 2 nitrogen and oxygen atoms in total. The van der Waals surface area contributed by atoms with Crippen LogP contribution in [-0.4, -0.2) is 11.3 Å². The zero-order valence-electron chi connectivity index (χ0n) is 8.05. The summed E-state index contributed by atoms with van der Waals surface area (Å²) in [5.41, 5.74) is 0.364. The number of pyridine rings is 1. The summed E-state index contributed by atoms with van der Waals surface area (Å²) in [6, 6.07) is 3.86. The molecular formula is C10H4BrClF3NO. The number of ether oxygens (including phenoxy) is 1. The van der Waals surface area contributed by atoms with E-state index in [0.29, 0.717) is 20.4 Å². The molecule has 0 N–H and O–H groups in total. The third-order valence-corrected chi connectivity index (χ3v) is 3.34. The van der Waals surface area contributed by atoms with Gasteiger partial charge in [0.25, 0.3) is 0 Å². The van der Waals surface area contributed by atoms with E-state index < -0.39 is 6.36 Å². The van der Waals surface area contributed by atoms with E-state index in [1.54, 1.807) is 0 Å². The minimum Gasteiger partial charge on any atom is -0.406 e. The summed E-state index contributed by atoms with van der Waals surface area (Å²) in [5, 5.41) is 1.01. The Hall–Kier alpha value is -1.01. The van der Waals surface area contributed by atoms with Crippen molar-refractivity contribution in [1.29, 1.82) is 0 Å². The first-order valence-corrected chi connectivity index (χ1v) is 5.53. The van der Waals surface area contributed by atoms with Gasteiger partial charge in [-0.2, -0.15) is 0 Å². The Morgan fingerprint density at radius 2 is 2.00 bits per heavy atom. The van der Waals surface area contributed by atoms with Gasteiger partial charge in [0.15, 0.2) is 0 Å². The van der Waals surface area contributed by atoms with Gasteiger partial charge in [0.2, 0.25) is 0 Å². The molecule has 17 heavy (non-hydrogen) atoms. The highest BCUT2D eigenvalue weighted by Gasteiger charge is 2.31. The molecule has 1 aromatic carbocycles. The van der Waals surface area contributed by atoms with Crippen LogP contribution in [0, 0.1) is 0 Å². The van der Waals surface area contributed by atoms with Crippen molar-refractivity contribution in [3.05, 3.63) is 33.9 Å². The Kier molecular flexibility index (Phi) is 3.18. The van der Waals surface area contributed by atoms with Gasteiger partial charge in [0.05, 0.1) is 10.5 Å². The van der Waals surface area contributed by atoms with Crippen LogP contribution in [0.3, 0.4) is 0 Å². The van der Waals surface area contributed by atoms with E-state index in [-0.39, 0.29) is 5.75 Å². The van der Waals surface area contributed by atoms with Crippen molar-refractivity contribution in [3.63, 3.8) is 0 Å². The number of rotatable bonds is 1. The molecular weight excluding hydrogens is 322 g/mol. The van der Waals surface area contributed by atoms with Crippen molar-refractivity contribution in [2.45, 2.75) is 6.36 Å². The van der Waals surface area contributed by atoms with Gasteiger partial charge in [-0.25, -0.2) is 0 Å². The zero-order chi connectivity index (χ0) is 12.6. The summed E-state index contributed by atoms with van der Waals surface area (Å²) in [6.45, 7) is 0. The standard InChI is InChI=1S/C10H4BrClF3NO/c11-9-6-2-1-5(17-10(13,14)15)3-8(6)16-4-7(9)12/h1-4H. The lowest BCUT2D eigenvalue weighted by Gasteiger charge is -2.09. The Labute approximate surface area is 107 Å². The predicted molar refractivity (Wildman–Crippen MR) is 61.1 cm³/mol. The lowest BCUT2D eigenvalue weighted by atomic mass is 10.2. The molecule has 90 valence electrons. The second-order valence-corrected chi connectivity index (χ2v) is 4.35. The maximum atomic E-state index is 12.0. The van der Waals surface area contributed by atoms with Gasteiger partial charge in [0.1, 0.15) is 5.75 Å². The molecule has 0 aliphatic heterocycles. The number of hydrogen-bond acceptors (Lipinski definition) is 2. The molecule has 0 atom stereocenters. The van der Waals surface area contributed by atoms with Gasteiger partial charge >= 0.3 is 6.36 Å². The molecule has 1 heterocycles. The molecule has 0 amide bonds. The molecule has 0 fully saturated rings. The van der Waals surface area contributed by atoms with Crippen molar-refractivity contribution in [1.82, 2.24) is 4.98 Å². The van der Waals surface area contributed by atoms with Crippen molar-refractivity contribution < 1.29 is 17.9 Å². The fraction of sp³-hybridized carbons (Fsp3) is 0.100. The first-order valence-electron chi connectivity index (χ1n) is 4.36. The van der Waals surface area contributed by atoms with Gasteiger partial charge in [0, 0.05) is 22.1 Å². The maximum Gasteiger partial charge on any atom is 0.573 e. The summed E-state index contributed by atoms with van der Waals surface area (Å²) in [7, 11) is 0. The topological polar surface area (TPSA) is 22.1 Å². The van der Waals surface area contributed by atoms with Crippen LogP contribution in [0.2, 0.25) is 5.02 Å². The molecule has 0 radical (unpaired) electrons. The van der Waals surface area contributed by atoms with Crippen LogP contribution in [0.5, 0.6) is 5.75 Å². The minimum atomic E-state index is -4.71. The summed E-state index contributed by atoms with van der Waals surface area (Å²) >= 11 is 9.05. The van der Waals surface area contributed by atoms with Crippen LogP contribution in [-0.2, 0) is 0 Å². The summed E-state index contributed by atoms with van der Waals surface area (Å²) < 4.78 is 40.4. The number of halogens is 5. The third-order valence-electron chi connectivity index (χ3n) is 1.97. The average Bonchev–Trinajstić information content (AvgIpc) is 2.21. The van der Waals surface area contributed by atoms with Crippen LogP contribution in [0.4, 0.5) is 13.2 Å². The number of aromatic nitrogens is 1. The molecule has 0 aliphatic carbocycles. The summed E-state index contributed by atoms with van der Waals surface area (Å²) in [6.07, 6.45) is -3.36. The lowest BCUT2D eigenvalue weighted by Crippen LogP contribution is -2.17. The van der Waals surface area contributed by atoms with Crippen molar-refractivity contribution in [2.24, 2.45) is 0 Å². The van der Waals surface area contributed by atoms with E-state index in [2.05, 4.69) is 25.7 Å². The lowest BCUT2D eigenvalue weighted by molar-refractivity contribution is -0.274. The highest BCUT2D eigenvalue weighted by atomic mass is 79.9. The Morgan fingerprint density at radius 3 is 2.65 bits per heavy atom. The van der Waals surface area contributed by atoms with Crippen LogP contribution in [0.15, 0.2) is 28.9 Å².